The number of aliphatic hydroxyl groups excluding tert-OH is 1. The molecule has 0 saturated carbocycles. The van der Waals surface area contributed by atoms with Crippen LogP contribution in [0.25, 0.3) is 0 Å². The molecule has 19 heteroatoms. The summed E-state index contributed by atoms with van der Waals surface area (Å²) in [6.07, 6.45) is 85.2. The van der Waals surface area contributed by atoms with Crippen molar-refractivity contribution in [2.24, 2.45) is 0 Å². The molecule has 0 rings (SSSR count). The lowest BCUT2D eigenvalue weighted by Crippen LogP contribution is -2.30. The van der Waals surface area contributed by atoms with Crippen LogP contribution < -0.4 is 0 Å². The van der Waals surface area contributed by atoms with Gasteiger partial charge in [-0.3, -0.25) is 37.3 Å². The molecule has 0 saturated heterocycles. The van der Waals surface area contributed by atoms with Gasteiger partial charge >= 0.3 is 39.5 Å². The molecule has 5 unspecified atom stereocenters. The predicted molar refractivity (Wildman–Crippen MR) is 417 cm³/mol. The molecular weight excluding hydrogens is 1330 g/mol. The minimum Gasteiger partial charge on any atom is -0.462 e. The van der Waals surface area contributed by atoms with Crippen molar-refractivity contribution in [1.82, 2.24) is 0 Å². The van der Waals surface area contributed by atoms with Gasteiger partial charge in [-0.25, -0.2) is 9.13 Å². The Kier molecular flexibility index (Phi) is 70.1. The number of rotatable bonds is 71. The highest BCUT2D eigenvalue weighted by Crippen LogP contribution is 2.45. The van der Waals surface area contributed by atoms with Crippen molar-refractivity contribution >= 4 is 39.5 Å². The fourth-order valence-corrected chi connectivity index (χ4v) is 11.2. The van der Waals surface area contributed by atoms with Crippen LogP contribution in [-0.4, -0.2) is 96.7 Å². The van der Waals surface area contributed by atoms with Crippen LogP contribution in [0, 0.1) is 0 Å². The molecule has 0 aromatic carbocycles. The zero-order chi connectivity index (χ0) is 74.6. The lowest BCUT2D eigenvalue weighted by molar-refractivity contribution is -0.161. The minimum absolute atomic E-state index is 0.0605. The van der Waals surface area contributed by atoms with Gasteiger partial charge in [0.05, 0.1) is 26.4 Å². The monoisotopic (exact) mass is 1470 g/mol. The van der Waals surface area contributed by atoms with Crippen molar-refractivity contribution in [2.75, 3.05) is 39.6 Å². The smallest absolute Gasteiger partial charge is 0.462 e. The van der Waals surface area contributed by atoms with Crippen molar-refractivity contribution in [1.29, 1.82) is 0 Å². The first kappa shape index (κ1) is 96.7. The largest absolute Gasteiger partial charge is 0.472 e. The van der Waals surface area contributed by atoms with Crippen LogP contribution in [0.5, 0.6) is 0 Å². The summed E-state index contributed by atoms with van der Waals surface area (Å²) >= 11 is 0. The molecule has 17 nitrogen and oxygen atoms in total. The van der Waals surface area contributed by atoms with Gasteiger partial charge in [0.2, 0.25) is 0 Å². The van der Waals surface area contributed by atoms with E-state index in [-0.39, 0.29) is 25.7 Å². The first-order valence-electron chi connectivity index (χ1n) is 38.7. The molecule has 0 aliphatic rings. The summed E-state index contributed by atoms with van der Waals surface area (Å²) in [4.78, 5) is 72.9. The van der Waals surface area contributed by atoms with Gasteiger partial charge in [-0.15, -0.1) is 0 Å². The first-order chi connectivity index (χ1) is 49.7. The maximum atomic E-state index is 13.1. The number of allylic oxidation sites excluding steroid dienone is 26. The fraction of sp³-hybridized carbons (Fsp3) is 0.639. The molecule has 0 aromatic rings. The Hall–Kier alpha value is -5.32. The molecule has 102 heavy (non-hydrogen) atoms. The number of ether oxygens (including phenoxy) is 4. The predicted octanol–water partition coefficient (Wildman–Crippen LogP) is 22.4. The second kappa shape index (κ2) is 74.0. The Bertz CT molecular complexity index is 2550. The molecule has 0 spiro atoms. The van der Waals surface area contributed by atoms with Crippen LogP contribution in [-0.2, 0) is 65.4 Å². The van der Waals surface area contributed by atoms with Gasteiger partial charge in [-0.05, 0) is 167 Å². The Labute approximate surface area is 617 Å². The van der Waals surface area contributed by atoms with Gasteiger partial charge in [-0.1, -0.05) is 250 Å². The molecule has 0 fully saturated rings. The van der Waals surface area contributed by atoms with Crippen LogP contribution in [0.4, 0.5) is 0 Å². The summed E-state index contributed by atoms with van der Waals surface area (Å²) in [5.41, 5.74) is 0. The van der Waals surface area contributed by atoms with Crippen molar-refractivity contribution in [3.05, 3.63) is 158 Å². The molecule has 0 radical (unpaired) electrons. The number of carbonyl (C=O) groups is 4. The van der Waals surface area contributed by atoms with Crippen LogP contribution in [0.1, 0.15) is 285 Å². The SMILES string of the molecule is CC/C=C\C/C=C\C/C=C\C/C=C\C/C=C\CCCC(=O)OCC(COP(=O)(O)OCC(O)COP(=O)(O)OCC(COC(=O)CCCC/C=C\C/C=C\C/C=C\C/C=C\CC)OC(=O)CCCCCCC/C=C\C/C=C\CCCCC)OC(=O)CCCCCCC/C=C\C/C=C\CCCCC. The summed E-state index contributed by atoms with van der Waals surface area (Å²) < 4.78 is 68.4. The third-order valence-corrected chi connectivity index (χ3v) is 17.4. The average molecular weight is 1470 g/mol. The molecule has 0 aliphatic heterocycles. The van der Waals surface area contributed by atoms with Crippen LogP contribution >= 0.6 is 15.6 Å². The van der Waals surface area contributed by atoms with Crippen LogP contribution in [0.15, 0.2) is 158 Å². The maximum Gasteiger partial charge on any atom is 0.472 e. The first-order valence-corrected chi connectivity index (χ1v) is 41.7. The Morgan fingerprint density at radius 2 is 0.520 bits per heavy atom. The van der Waals surface area contributed by atoms with E-state index in [0.29, 0.717) is 32.1 Å². The lowest BCUT2D eigenvalue weighted by Gasteiger charge is -2.21. The van der Waals surface area contributed by atoms with Crippen molar-refractivity contribution in [2.45, 2.75) is 303 Å². The Morgan fingerprint density at radius 1 is 0.284 bits per heavy atom. The quantitative estimate of drug-likeness (QED) is 0.0169. The third kappa shape index (κ3) is 73.0. The van der Waals surface area contributed by atoms with E-state index in [1.165, 1.54) is 38.5 Å². The molecule has 0 bridgehead atoms. The maximum absolute atomic E-state index is 13.1. The number of phosphoric acid groups is 2. The number of carbonyl (C=O) groups excluding carboxylic acids is 4. The highest BCUT2D eigenvalue weighted by Gasteiger charge is 2.30. The summed E-state index contributed by atoms with van der Waals surface area (Å²) in [6.45, 7) is 4.43. The van der Waals surface area contributed by atoms with Gasteiger partial charge < -0.3 is 33.8 Å². The normalized spacial score (nSPS) is 14.8. The minimum atomic E-state index is -5.00. The molecule has 0 heterocycles. The van der Waals surface area contributed by atoms with Crippen molar-refractivity contribution in [3.63, 3.8) is 0 Å². The second-order valence-electron chi connectivity index (χ2n) is 25.2. The van der Waals surface area contributed by atoms with Crippen molar-refractivity contribution < 1.29 is 80.2 Å². The number of esters is 4. The highest BCUT2D eigenvalue weighted by molar-refractivity contribution is 7.47. The van der Waals surface area contributed by atoms with E-state index < -0.39 is 97.5 Å². The Balaban J connectivity index is 5.48. The highest BCUT2D eigenvalue weighted by atomic mass is 31.2. The summed E-state index contributed by atoms with van der Waals surface area (Å²) in [5.74, 6) is -2.33. The number of phosphoric ester groups is 2. The van der Waals surface area contributed by atoms with E-state index >= 15 is 0 Å². The molecule has 0 amide bonds. The molecule has 3 N–H and O–H groups in total. The van der Waals surface area contributed by atoms with E-state index in [9.17, 15) is 43.2 Å². The zero-order valence-corrected chi connectivity index (χ0v) is 65.0. The van der Waals surface area contributed by atoms with Gasteiger partial charge in [0, 0.05) is 25.7 Å². The molecule has 0 aromatic heterocycles. The zero-order valence-electron chi connectivity index (χ0n) is 63.2. The number of hydrogen-bond donors (Lipinski definition) is 3. The molecular formula is C83H136O17P2. The molecule has 5 atom stereocenters. The van der Waals surface area contributed by atoms with Crippen molar-refractivity contribution in [3.8, 4) is 0 Å². The fourth-order valence-electron chi connectivity index (χ4n) is 9.60. The average Bonchev–Trinajstić information content (AvgIpc) is 0.923. The van der Waals surface area contributed by atoms with E-state index in [1.807, 2.05) is 12.2 Å². The molecule has 580 valence electrons. The van der Waals surface area contributed by atoms with Gasteiger partial charge in [0.15, 0.2) is 12.2 Å². The van der Waals surface area contributed by atoms with E-state index in [1.54, 1.807) is 0 Å². The number of hydrogen-bond acceptors (Lipinski definition) is 15. The number of aliphatic hydroxyl groups is 1. The third-order valence-electron chi connectivity index (χ3n) is 15.5. The molecule has 0 aliphatic carbocycles. The van der Waals surface area contributed by atoms with Gasteiger partial charge in [0.1, 0.15) is 19.3 Å². The summed E-state index contributed by atoms with van der Waals surface area (Å²) in [5, 5.41) is 10.6. The van der Waals surface area contributed by atoms with E-state index in [2.05, 4.69) is 174 Å². The Morgan fingerprint density at radius 3 is 0.843 bits per heavy atom. The van der Waals surface area contributed by atoms with E-state index in [4.69, 9.17) is 37.0 Å². The van der Waals surface area contributed by atoms with E-state index in [0.717, 1.165) is 161 Å². The second-order valence-corrected chi connectivity index (χ2v) is 28.1. The van der Waals surface area contributed by atoms with Crippen LogP contribution in [0.2, 0.25) is 0 Å². The lowest BCUT2D eigenvalue weighted by atomic mass is 10.1. The van der Waals surface area contributed by atoms with Gasteiger partial charge in [-0.2, -0.15) is 0 Å². The van der Waals surface area contributed by atoms with Gasteiger partial charge in [0.25, 0.3) is 0 Å². The summed E-state index contributed by atoms with van der Waals surface area (Å²) in [6, 6.07) is 0. The standard InChI is InChI=1S/C83H136O17P2/c1-5-9-13-17-21-25-29-33-37-38-42-44-48-52-56-60-64-68-81(86)94-74-79(100-83(88)70-66-62-58-54-50-46-41-36-32-28-24-20-16-12-8-4)76-98-102(91,92)96-72-77(84)71-95-101(89,90)97-75-78(99-82(87)69-65-61-57-53-49-45-40-35-31-27-23-19-15-11-7-3)73-93-80(85)67-63-59-55-51-47-43-39-34-30-26-22-18-14-10-6-2/h9-10,13-14,21-28,33-37,39-42,44,47,51-52,56,77-79,84H,5-8,11-12,15-20,29-32,38,43,45-46,48-50,53-55,57-76H2,1-4H3,(H,89,90)(H,91,92)/b13-9-,14-10-,25-21-,26-22-,27-23-,28-24-,37-33-,39-34-,40-35-,41-36-,44-42-,51-47-,56-52-. The number of unbranched alkanes of at least 4 members (excludes halogenated alkanes) is 19. The van der Waals surface area contributed by atoms with Crippen LogP contribution in [0.3, 0.4) is 0 Å². The topological polar surface area (TPSA) is 237 Å². The summed E-state index contributed by atoms with van der Waals surface area (Å²) in [7, 11) is -10.0.